The van der Waals surface area contributed by atoms with Crippen LogP contribution in [-0.4, -0.2) is 62.0 Å². The van der Waals surface area contributed by atoms with Crippen molar-refractivity contribution in [2.45, 2.75) is 95.3 Å². The number of aromatic nitrogens is 2. The number of benzene rings is 2. The molecule has 15 heteroatoms. The molecular weight excluding hydrogens is 699 g/mol. The number of rotatable bonds is 8. The molecule has 3 aromatic rings. The third-order valence-corrected chi connectivity index (χ3v) is 11.2. The van der Waals surface area contributed by atoms with E-state index in [2.05, 4.69) is 25.8 Å². The largest absolute Gasteiger partial charge is 0.487 e. The van der Waals surface area contributed by atoms with Gasteiger partial charge in [-0.2, -0.15) is 5.10 Å². The molecule has 0 bridgehead atoms. The second-order valence-corrected chi connectivity index (χ2v) is 17.2. The summed E-state index contributed by atoms with van der Waals surface area (Å²) in [6.07, 6.45) is 3.18. The fourth-order valence-corrected chi connectivity index (χ4v) is 8.88. The Labute approximate surface area is 280 Å². The van der Waals surface area contributed by atoms with E-state index < -0.39 is 35.6 Å². The molecule has 2 aliphatic heterocycles. The Hall–Kier alpha value is -2.32. The average Bonchev–Trinajstić information content (AvgIpc) is 3.38. The van der Waals surface area contributed by atoms with Gasteiger partial charge in [0.25, 0.3) is 0 Å². The third-order valence-electron chi connectivity index (χ3n) is 7.47. The van der Waals surface area contributed by atoms with E-state index >= 15 is 0 Å². The molecule has 1 saturated heterocycles. The zero-order valence-corrected chi connectivity index (χ0v) is 30.5. The van der Waals surface area contributed by atoms with Gasteiger partial charge in [0.2, 0.25) is 0 Å². The molecule has 0 aliphatic carbocycles. The number of hydrogen-bond acceptors (Lipinski definition) is 9. The number of carbonyl (C=O) groups is 1. The second kappa shape index (κ2) is 13.3. The quantitative estimate of drug-likeness (QED) is 0.237. The first-order valence-corrected chi connectivity index (χ1v) is 18.5. The number of methoxy groups -OCH3 is 1. The number of fused-ring (bicyclic) bond motifs is 2. The van der Waals surface area contributed by atoms with E-state index in [1.807, 2.05) is 30.3 Å². The minimum Gasteiger partial charge on any atom is -0.487 e. The number of ether oxygens (including phenoxy) is 2. The Morgan fingerprint density at radius 3 is 2.43 bits per heavy atom. The predicted octanol–water partition coefficient (Wildman–Crippen LogP) is 7.25. The minimum absolute atomic E-state index is 0.204. The average molecular weight is 742 g/mol. The zero-order chi connectivity index (χ0) is 33.5. The van der Waals surface area contributed by atoms with Gasteiger partial charge < -0.3 is 14.4 Å². The maximum atomic E-state index is 14.0. The lowest BCUT2D eigenvalue weighted by atomic mass is 9.81. The molecule has 3 heterocycles. The Bertz CT molecular complexity index is 1640. The van der Waals surface area contributed by atoms with Gasteiger partial charge in [-0.3, -0.25) is 13.6 Å². The molecule has 1 N–H and O–H groups in total. The van der Waals surface area contributed by atoms with E-state index in [4.69, 9.17) is 23.0 Å². The second-order valence-electron chi connectivity index (χ2n) is 13.5. The number of carbonyl (C=O) groups excluding carboxylic acids is 1. The van der Waals surface area contributed by atoms with Crippen molar-refractivity contribution < 1.29 is 36.6 Å². The first kappa shape index (κ1) is 35.0. The summed E-state index contributed by atoms with van der Waals surface area (Å²) < 4.78 is 61.9. The summed E-state index contributed by atoms with van der Waals surface area (Å²) in [7, 11) is -4.25. The molecule has 1 aromatic heterocycles. The number of hydrogen-bond donors (Lipinski definition) is 1. The van der Waals surface area contributed by atoms with E-state index in [0.717, 1.165) is 21.2 Å². The summed E-state index contributed by atoms with van der Waals surface area (Å²) in [5.41, 5.74) is -0.677. The molecule has 12 nitrogen and oxygen atoms in total. The van der Waals surface area contributed by atoms with Gasteiger partial charge in [-0.05, 0) is 65.8 Å². The van der Waals surface area contributed by atoms with Crippen LogP contribution in [0.25, 0.3) is 10.9 Å². The first-order chi connectivity index (χ1) is 21.5. The first-order valence-electron chi connectivity index (χ1n) is 15.1. The topological polar surface area (TPSA) is 130 Å². The molecule has 5 rings (SSSR count). The van der Waals surface area contributed by atoms with Gasteiger partial charge in [0.05, 0.1) is 29.2 Å². The predicted molar refractivity (Wildman–Crippen MR) is 178 cm³/mol. The summed E-state index contributed by atoms with van der Waals surface area (Å²) in [5, 5.41) is 5.38. The number of nitrogens with one attached hydrogen (secondary N) is 1. The van der Waals surface area contributed by atoms with E-state index in [1.54, 1.807) is 58.7 Å². The molecule has 252 valence electrons. The van der Waals surface area contributed by atoms with Crippen LogP contribution in [0.2, 0.25) is 0 Å². The van der Waals surface area contributed by atoms with Gasteiger partial charge in [-0.25, -0.2) is 23.0 Å². The van der Waals surface area contributed by atoms with Gasteiger partial charge in [0.1, 0.15) is 27.9 Å². The third kappa shape index (κ3) is 8.39. The molecule has 1 fully saturated rings. The zero-order valence-electron chi connectivity index (χ0n) is 27.2. The number of amides is 1. The van der Waals surface area contributed by atoms with Crippen LogP contribution < -0.4 is 9.46 Å². The standard InChI is InChI=1S/C31H42BrN4O8PS/c1-29(2,3)43-45(38,44-30(4,5)6)41-20-36-19-21-9-8-10-26(27(21)33-36)46(39)34-24-18-31(13-15-35(16-14-31)28(37)40-7)42-25-12-11-22(32)17-23(24)25/h8-12,17,19,24,34H,13-16,18,20H2,1-7H3/t24-,46?/m0/s1. The Morgan fingerprint density at radius 2 is 1.80 bits per heavy atom. The number of phosphoric ester groups is 1. The van der Waals surface area contributed by atoms with E-state index in [0.29, 0.717) is 42.8 Å². The highest BCUT2D eigenvalue weighted by Crippen LogP contribution is 2.55. The number of piperidine rings is 1. The molecule has 1 amide bonds. The fraction of sp³-hybridized carbons (Fsp3) is 0.548. The van der Waals surface area contributed by atoms with Crippen molar-refractivity contribution >= 4 is 51.7 Å². The van der Waals surface area contributed by atoms with Crippen LogP contribution in [0, 0.1) is 0 Å². The van der Waals surface area contributed by atoms with Crippen molar-refractivity contribution in [1.29, 1.82) is 0 Å². The Kier molecular flexibility index (Phi) is 10.1. The van der Waals surface area contributed by atoms with Crippen LogP contribution >= 0.6 is 23.8 Å². The lowest BCUT2D eigenvalue weighted by molar-refractivity contribution is -0.0206. The fourth-order valence-electron chi connectivity index (χ4n) is 5.63. The lowest BCUT2D eigenvalue weighted by Crippen LogP contribution is -2.53. The number of likely N-dealkylation sites (tertiary alicyclic amines) is 1. The van der Waals surface area contributed by atoms with Crippen LogP contribution in [0.15, 0.2) is 52.0 Å². The minimum atomic E-state index is -3.97. The molecule has 0 saturated carbocycles. The summed E-state index contributed by atoms with van der Waals surface area (Å²) in [4.78, 5) is 14.3. The van der Waals surface area contributed by atoms with Crippen LogP contribution in [-0.2, 0) is 40.6 Å². The Balaban J connectivity index is 1.37. The Morgan fingerprint density at radius 1 is 1.13 bits per heavy atom. The van der Waals surface area contributed by atoms with E-state index in [9.17, 15) is 13.6 Å². The molecule has 46 heavy (non-hydrogen) atoms. The van der Waals surface area contributed by atoms with Crippen molar-refractivity contribution in [3.8, 4) is 5.75 Å². The van der Waals surface area contributed by atoms with Gasteiger partial charge in [-0.15, -0.1) is 0 Å². The van der Waals surface area contributed by atoms with Gasteiger partial charge in [0.15, 0.2) is 6.73 Å². The van der Waals surface area contributed by atoms with Gasteiger partial charge >= 0.3 is 13.9 Å². The highest BCUT2D eigenvalue weighted by molar-refractivity contribution is 9.10. The summed E-state index contributed by atoms with van der Waals surface area (Å²) in [6.45, 7) is 11.4. The molecule has 2 atom stereocenters. The van der Waals surface area contributed by atoms with E-state index in [1.165, 1.54) is 11.8 Å². The number of halogens is 1. The normalized spacial score (nSPS) is 19.1. The maximum Gasteiger partial charge on any atom is 0.477 e. The van der Waals surface area contributed by atoms with Crippen LogP contribution in [0.4, 0.5) is 4.79 Å². The number of nitrogens with zero attached hydrogens (tertiary/aromatic N) is 3. The molecule has 2 aliphatic rings. The van der Waals surface area contributed by atoms with Crippen LogP contribution in [0.5, 0.6) is 5.75 Å². The van der Waals surface area contributed by atoms with Crippen molar-refractivity contribution in [1.82, 2.24) is 19.4 Å². The molecule has 1 unspecified atom stereocenters. The smallest absolute Gasteiger partial charge is 0.477 e. The van der Waals surface area contributed by atoms with Crippen LogP contribution in [0.1, 0.15) is 72.4 Å². The summed E-state index contributed by atoms with van der Waals surface area (Å²) >= 11 is 3.56. The maximum absolute atomic E-state index is 14.0. The van der Waals surface area contributed by atoms with Gasteiger partial charge in [0, 0.05) is 54.0 Å². The SMILES string of the molecule is COC(=O)N1CCC2(CC1)C[C@H](NS(=O)c1cccc3cn(COP(=O)(OC(C)(C)C)OC(C)(C)C)nc13)c1cc(Br)ccc1O2. The lowest BCUT2D eigenvalue weighted by Gasteiger charge is -2.46. The molecule has 1 spiro atoms. The van der Waals surface area contributed by atoms with Crippen LogP contribution in [0.3, 0.4) is 0 Å². The van der Waals surface area contributed by atoms with Crippen molar-refractivity contribution in [2.75, 3.05) is 20.2 Å². The highest BCUT2D eigenvalue weighted by atomic mass is 79.9. The van der Waals surface area contributed by atoms with Crippen molar-refractivity contribution in [3.63, 3.8) is 0 Å². The summed E-state index contributed by atoms with van der Waals surface area (Å²) in [5.74, 6) is 0.717. The summed E-state index contributed by atoms with van der Waals surface area (Å²) in [6, 6.07) is 11.0. The monoisotopic (exact) mass is 740 g/mol. The molecular formula is C31H42BrN4O8PS. The van der Waals surface area contributed by atoms with Crippen molar-refractivity contribution in [2.24, 2.45) is 0 Å². The van der Waals surface area contributed by atoms with Gasteiger partial charge in [-0.1, -0.05) is 28.1 Å². The highest BCUT2D eigenvalue weighted by Gasteiger charge is 2.45. The van der Waals surface area contributed by atoms with Crippen molar-refractivity contribution in [3.05, 3.63) is 52.6 Å². The molecule has 2 aromatic carbocycles. The van der Waals surface area contributed by atoms with E-state index in [-0.39, 0.29) is 18.9 Å². The number of phosphoric acid groups is 1. The molecule has 0 radical (unpaired) electrons.